The molecule has 0 aliphatic heterocycles. The SMILES string of the molecule is Cc1cc(Br)cc(NC(=O)c2ccc(/C(N)=N/O)cc2)c1. The van der Waals surface area contributed by atoms with Crippen LogP contribution in [0.5, 0.6) is 0 Å². The van der Waals surface area contributed by atoms with Gasteiger partial charge in [0.15, 0.2) is 5.84 Å². The zero-order valence-corrected chi connectivity index (χ0v) is 12.9. The Morgan fingerprint density at radius 3 is 2.38 bits per heavy atom. The number of rotatable bonds is 3. The topological polar surface area (TPSA) is 87.7 Å². The zero-order valence-electron chi connectivity index (χ0n) is 11.3. The van der Waals surface area contributed by atoms with E-state index in [1.54, 1.807) is 24.3 Å². The Morgan fingerprint density at radius 2 is 1.81 bits per heavy atom. The van der Waals surface area contributed by atoms with E-state index in [2.05, 4.69) is 26.4 Å². The highest BCUT2D eigenvalue weighted by Gasteiger charge is 2.08. The molecular formula is C15H14BrN3O2. The number of oxime groups is 1. The Morgan fingerprint density at radius 1 is 1.19 bits per heavy atom. The number of nitrogens with two attached hydrogens (primary N) is 1. The third-order valence-corrected chi connectivity index (χ3v) is 3.31. The highest BCUT2D eigenvalue weighted by Crippen LogP contribution is 2.19. The number of amidine groups is 1. The van der Waals surface area contributed by atoms with Gasteiger partial charge in [-0.05, 0) is 42.8 Å². The molecule has 0 aliphatic rings. The third-order valence-electron chi connectivity index (χ3n) is 2.85. The van der Waals surface area contributed by atoms with Crippen molar-refractivity contribution in [1.29, 1.82) is 0 Å². The third kappa shape index (κ3) is 3.82. The van der Waals surface area contributed by atoms with E-state index in [1.807, 2.05) is 25.1 Å². The number of hydrogen-bond donors (Lipinski definition) is 3. The molecule has 5 nitrogen and oxygen atoms in total. The number of hydrogen-bond acceptors (Lipinski definition) is 3. The van der Waals surface area contributed by atoms with E-state index in [9.17, 15) is 4.79 Å². The van der Waals surface area contributed by atoms with Gasteiger partial charge in [0.1, 0.15) is 0 Å². The van der Waals surface area contributed by atoms with Crippen molar-refractivity contribution in [3.63, 3.8) is 0 Å². The van der Waals surface area contributed by atoms with Crippen molar-refractivity contribution >= 4 is 33.4 Å². The molecule has 0 fully saturated rings. The van der Waals surface area contributed by atoms with Crippen LogP contribution in [0.15, 0.2) is 52.1 Å². The summed E-state index contributed by atoms with van der Waals surface area (Å²) in [6, 6.07) is 12.2. The number of benzene rings is 2. The zero-order chi connectivity index (χ0) is 15.4. The molecule has 0 spiro atoms. The van der Waals surface area contributed by atoms with Gasteiger partial charge < -0.3 is 16.3 Å². The van der Waals surface area contributed by atoms with Gasteiger partial charge in [0.05, 0.1) is 0 Å². The molecule has 0 unspecified atom stereocenters. The molecule has 0 bridgehead atoms. The van der Waals surface area contributed by atoms with E-state index >= 15 is 0 Å². The monoisotopic (exact) mass is 347 g/mol. The standard InChI is InChI=1S/C15H14BrN3O2/c1-9-6-12(16)8-13(7-9)18-15(20)11-4-2-10(3-5-11)14(17)19-21/h2-8,21H,1H3,(H2,17,19)(H,18,20). The van der Waals surface area contributed by atoms with Gasteiger partial charge in [0.25, 0.3) is 5.91 Å². The number of anilines is 1. The van der Waals surface area contributed by atoms with Gasteiger partial charge in [0.2, 0.25) is 0 Å². The predicted molar refractivity (Wildman–Crippen MR) is 85.8 cm³/mol. The van der Waals surface area contributed by atoms with Crippen LogP contribution in [-0.4, -0.2) is 17.0 Å². The van der Waals surface area contributed by atoms with Crippen LogP contribution in [0.2, 0.25) is 0 Å². The first-order valence-electron chi connectivity index (χ1n) is 6.16. The molecule has 0 saturated carbocycles. The van der Waals surface area contributed by atoms with Gasteiger partial charge in [-0.2, -0.15) is 0 Å². The van der Waals surface area contributed by atoms with Crippen LogP contribution in [0.3, 0.4) is 0 Å². The van der Waals surface area contributed by atoms with Crippen molar-refractivity contribution in [3.05, 3.63) is 63.6 Å². The Bertz CT molecular complexity index is 676. The first kappa shape index (κ1) is 15.1. The molecule has 108 valence electrons. The highest BCUT2D eigenvalue weighted by molar-refractivity contribution is 9.10. The minimum atomic E-state index is -0.224. The molecule has 0 atom stereocenters. The fourth-order valence-corrected chi connectivity index (χ4v) is 2.47. The summed E-state index contributed by atoms with van der Waals surface area (Å²) in [4.78, 5) is 12.2. The van der Waals surface area contributed by atoms with Crippen LogP contribution in [0.4, 0.5) is 5.69 Å². The number of nitrogens with zero attached hydrogens (tertiary/aromatic N) is 1. The normalized spacial score (nSPS) is 11.2. The maximum Gasteiger partial charge on any atom is 0.255 e. The number of carbonyl (C=O) groups excluding carboxylic acids is 1. The minimum Gasteiger partial charge on any atom is -0.409 e. The molecule has 0 heterocycles. The molecular weight excluding hydrogens is 334 g/mol. The number of carbonyl (C=O) groups is 1. The minimum absolute atomic E-state index is 0.00423. The van der Waals surface area contributed by atoms with Gasteiger partial charge in [-0.15, -0.1) is 0 Å². The Kier molecular flexibility index (Phi) is 4.59. The van der Waals surface area contributed by atoms with Crippen LogP contribution in [0, 0.1) is 6.92 Å². The van der Waals surface area contributed by atoms with Crippen LogP contribution in [0.1, 0.15) is 21.5 Å². The van der Waals surface area contributed by atoms with Gasteiger partial charge >= 0.3 is 0 Å². The summed E-state index contributed by atoms with van der Waals surface area (Å²) in [5.74, 6) is -0.219. The second-order valence-electron chi connectivity index (χ2n) is 4.53. The number of amides is 1. The molecule has 21 heavy (non-hydrogen) atoms. The molecule has 2 aromatic carbocycles. The molecule has 0 saturated heterocycles. The van der Waals surface area contributed by atoms with Crippen molar-refractivity contribution < 1.29 is 10.0 Å². The average Bonchev–Trinajstić information content (AvgIpc) is 2.45. The fraction of sp³-hybridized carbons (Fsp3) is 0.0667. The lowest BCUT2D eigenvalue weighted by Gasteiger charge is -2.07. The van der Waals surface area contributed by atoms with Gasteiger partial charge in [-0.1, -0.05) is 33.2 Å². The lowest BCUT2D eigenvalue weighted by molar-refractivity contribution is 0.102. The van der Waals surface area contributed by atoms with E-state index in [0.29, 0.717) is 16.8 Å². The molecule has 0 radical (unpaired) electrons. The van der Waals surface area contributed by atoms with Gasteiger partial charge in [-0.25, -0.2) is 0 Å². The van der Waals surface area contributed by atoms with Crippen LogP contribution in [-0.2, 0) is 0 Å². The number of nitrogens with one attached hydrogen (secondary N) is 1. The summed E-state index contributed by atoms with van der Waals surface area (Å²) in [7, 11) is 0. The lowest BCUT2D eigenvalue weighted by Crippen LogP contribution is -2.15. The van der Waals surface area contributed by atoms with Crippen molar-refractivity contribution in [2.75, 3.05) is 5.32 Å². The van der Waals surface area contributed by atoms with Gasteiger partial charge in [-0.3, -0.25) is 4.79 Å². The Balaban J connectivity index is 2.16. The number of halogens is 1. The van der Waals surface area contributed by atoms with Crippen molar-refractivity contribution in [1.82, 2.24) is 0 Å². The van der Waals surface area contributed by atoms with E-state index in [1.165, 1.54) is 0 Å². The molecule has 4 N–H and O–H groups in total. The summed E-state index contributed by atoms with van der Waals surface area (Å²) < 4.78 is 0.903. The summed E-state index contributed by atoms with van der Waals surface area (Å²) in [5, 5.41) is 14.3. The maximum absolute atomic E-state index is 12.2. The summed E-state index contributed by atoms with van der Waals surface area (Å²) >= 11 is 3.39. The molecule has 0 aromatic heterocycles. The predicted octanol–water partition coefficient (Wildman–Crippen LogP) is 3.10. The van der Waals surface area contributed by atoms with Crippen molar-refractivity contribution in [2.24, 2.45) is 10.9 Å². The average molecular weight is 348 g/mol. The number of aryl methyl sites for hydroxylation is 1. The van der Waals surface area contributed by atoms with Crippen LogP contribution < -0.4 is 11.1 Å². The largest absolute Gasteiger partial charge is 0.409 e. The summed E-state index contributed by atoms with van der Waals surface area (Å²) in [6.45, 7) is 1.95. The van der Waals surface area contributed by atoms with E-state index in [4.69, 9.17) is 10.9 Å². The Labute approximate surface area is 130 Å². The molecule has 0 aliphatic carbocycles. The molecule has 1 amide bonds. The second kappa shape index (κ2) is 6.41. The summed E-state index contributed by atoms with van der Waals surface area (Å²) in [6.07, 6.45) is 0. The Hall–Kier alpha value is -2.34. The van der Waals surface area contributed by atoms with E-state index in [-0.39, 0.29) is 11.7 Å². The van der Waals surface area contributed by atoms with E-state index < -0.39 is 0 Å². The maximum atomic E-state index is 12.2. The fourth-order valence-electron chi connectivity index (χ4n) is 1.86. The van der Waals surface area contributed by atoms with Crippen molar-refractivity contribution in [2.45, 2.75) is 6.92 Å². The van der Waals surface area contributed by atoms with Crippen LogP contribution >= 0.6 is 15.9 Å². The second-order valence-corrected chi connectivity index (χ2v) is 5.45. The summed E-state index contributed by atoms with van der Waals surface area (Å²) in [5.41, 5.74) is 8.27. The van der Waals surface area contributed by atoms with Crippen molar-refractivity contribution in [3.8, 4) is 0 Å². The molecule has 2 rings (SSSR count). The lowest BCUT2D eigenvalue weighted by atomic mass is 10.1. The molecule has 6 heteroatoms. The van der Waals surface area contributed by atoms with Gasteiger partial charge in [0, 0.05) is 21.3 Å². The quantitative estimate of drug-likeness (QED) is 0.345. The van der Waals surface area contributed by atoms with Crippen LogP contribution in [0.25, 0.3) is 0 Å². The first-order chi connectivity index (χ1) is 9.99. The molecule has 2 aromatic rings. The first-order valence-corrected chi connectivity index (χ1v) is 6.95. The van der Waals surface area contributed by atoms with E-state index in [0.717, 1.165) is 10.0 Å². The highest BCUT2D eigenvalue weighted by atomic mass is 79.9. The smallest absolute Gasteiger partial charge is 0.255 e.